The highest BCUT2D eigenvalue weighted by molar-refractivity contribution is 5.85. The summed E-state index contributed by atoms with van der Waals surface area (Å²) in [6.45, 7) is 11.2. The van der Waals surface area contributed by atoms with Crippen LogP contribution < -0.4 is 16.0 Å². The molecule has 0 aliphatic carbocycles. The number of aromatic nitrogens is 2. The summed E-state index contributed by atoms with van der Waals surface area (Å²) in [7, 11) is 0. The first kappa shape index (κ1) is 24.2. The lowest BCUT2D eigenvalue weighted by atomic mass is 9.79. The molecule has 1 atom stereocenters. The summed E-state index contributed by atoms with van der Waals surface area (Å²) >= 11 is 0. The molecule has 8 heteroatoms. The first-order chi connectivity index (χ1) is 11.7. The van der Waals surface area contributed by atoms with Gasteiger partial charge in [0, 0.05) is 41.5 Å². The van der Waals surface area contributed by atoms with Crippen LogP contribution in [0, 0.1) is 0 Å². The molecule has 0 bridgehead atoms. The van der Waals surface area contributed by atoms with Gasteiger partial charge in [0.05, 0.1) is 0 Å². The molecular weight excluding hydrogens is 385 g/mol. The summed E-state index contributed by atoms with van der Waals surface area (Å²) in [6.07, 6.45) is 6.05. The maximum absolute atomic E-state index is 12.6. The molecule has 1 amide bonds. The number of nitrogens with zero attached hydrogens (tertiary/aromatic N) is 2. The smallest absolute Gasteiger partial charge is 0.241 e. The highest BCUT2D eigenvalue weighted by Crippen LogP contribution is 2.28. The fraction of sp³-hybridized carbons (Fsp3) is 0.789. The number of hydrogen-bond acceptors (Lipinski definition) is 4. The normalized spacial score (nSPS) is 24.4. The second kappa shape index (κ2) is 9.59. The van der Waals surface area contributed by atoms with Gasteiger partial charge in [0.1, 0.15) is 6.54 Å². The molecule has 3 rings (SSSR count). The first-order valence-electron chi connectivity index (χ1n) is 9.55. The number of carbonyl (C=O) groups is 1. The van der Waals surface area contributed by atoms with E-state index in [0.717, 1.165) is 32.4 Å². The lowest BCUT2D eigenvalue weighted by molar-refractivity contribution is -0.123. The predicted molar refractivity (Wildman–Crippen MR) is 114 cm³/mol. The molecule has 1 aromatic heterocycles. The van der Waals surface area contributed by atoms with Gasteiger partial charge in [-0.3, -0.25) is 9.48 Å². The molecule has 0 aromatic carbocycles. The molecule has 156 valence electrons. The third kappa shape index (κ3) is 6.63. The summed E-state index contributed by atoms with van der Waals surface area (Å²) in [5.41, 5.74) is 1.24. The number of halogens is 2. The van der Waals surface area contributed by atoms with Crippen LogP contribution in [0.4, 0.5) is 0 Å². The molecule has 0 radical (unpaired) electrons. The van der Waals surface area contributed by atoms with Crippen LogP contribution in [0.2, 0.25) is 0 Å². The Morgan fingerprint density at radius 1 is 1.26 bits per heavy atom. The molecule has 1 aromatic rings. The highest BCUT2D eigenvalue weighted by Gasteiger charge is 2.38. The lowest BCUT2D eigenvalue weighted by Crippen LogP contribution is -2.62. The molecule has 2 fully saturated rings. The van der Waals surface area contributed by atoms with Crippen molar-refractivity contribution < 1.29 is 4.79 Å². The average molecular weight is 420 g/mol. The van der Waals surface area contributed by atoms with Gasteiger partial charge in [0.2, 0.25) is 5.91 Å². The van der Waals surface area contributed by atoms with E-state index in [4.69, 9.17) is 0 Å². The maximum Gasteiger partial charge on any atom is 0.241 e. The Bertz CT molecular complexity index is 595. The van der Waals surface area contributed by atoms with Gasteiger partial charge in [-0.05, 0) is 66.0 Å². The van der Waals surface area contributed by atoms with Gasteiger partial charge < -0.3 is 16.0 Å². The molecule has 0 spiro atoms. The van der Waals surface area contributed by atoms with Crippen LogP contribution >= 0.6 is 24.8 Å². The van der Waals surface area contributed by atoms with E-state index < -0.39 is 0 Å². The Balaban J connectivity index is 0.00000182. The Labute approximate surface area is 175 Å². The van der Waals surface area contributed by atoms with Gasteiger partial charge in [0.25, 0.3) is 0 Å². The van der Waals surface area contributed by atoms with Crippen LogP contribution in [-0.4, -0.2) is 45.9 Å². The van der Waals surface area contributed by atoms with E-state index in [1.807, 2.05) is 10.9 Å². The molecule has 1 unspecified atom stereocenters. The number of nitrogens with one attached hydrogen (secondary N) is 3. The largest absolute Gasteiger partial charge is 0.352 e. The van der Waals surface area contributed by atoms with Crippen LogP contribution in [0.1, 0.15) is 65.0 Å². The van der Waals surface area contributed by atoms with Crippen molar-refractivity contribution in [2.24, 2.45) is 0 Å². The zero-order chi connectivity index (χ0) is 18.1. The minimum absolute atomic E-state index is 0. The Kier molecular flexibility index (Phi) is 8.60. The second-order valence-corrected chi connectivity index (χ2v) is 9.02. The van der Waals surface area contributed by atoms with Crippen molar-refractivity contribution in [3.63, 3.8) is 0 Å². The third-order valence-corrected chi connectivity index (χ3v) is 5.31. The van der Waals surface area contributed by atoms with Gasteiger partial charge >= 0.3 is 0 Å². The Morgan fingerprint density at radius 3 is 2.52 bits per heavy atom. The second-order valence-electron chi connectivity index (χ2n) is 9.02. The van der Waals surface area contributed by atoms with E-state index in [1.54, 1.807) is 0 Å². The standard InChI is InChI=1S/C19H33N5O.2ClH/c1-18(2)10-15(11-19(3,4)23-18)22-17(25)13-24-16(7-9-21-24)14-6-5-8-20-12-14;;/h7,9,14-15,20,23H,5-6,8,10-13H2,1-4H3,(H,22,25);2*1H. The monoisotopic (exact) mass is 419 g/mol. The van der Waals surface area contributed by atoms with Crippen molar-refractivity contribution in [1.29, 1.82) is 0 Å². The van der Waals surface area contributed by atoms with Gasteiger partial charge in [-0.2, -0.15) is 5.10 Å². The summed E-state index contributed by atoms with van der Waals surface area (Å²) < 4.78 is 1.88. The van der Waals surface area contributed by atoms with Crippen LogP contribution in [-0.2, 0) is 11.3 Å². The van der Waals surface area contributed by atoms with Crippen molar-refractivity contribution in [1.82, 2.24) is 25.7 Å². The zero-order valence-corrected chi connectivity index (χ0v) is 18.5. The Hall–Kier alpha value is -0.820. The van der Waals surface area contributed by atoms with E-state index in [-0.39, 0.29) is 47.8 Å². The molecule has 2 saturated heterocycles. The number of rotatable bonds is 4. The maximum atomic E-state index is 12.6. The van der Waals surface area contributed by atoms with Crippen molar-refractivity contribution in [2.45, 2.75) is 83.0 Å². The molecule has 3 heterocycles. The van der Waals surface area contributed by atoms with Crippen molar-refractivity contribution in [3.05, 3.63) is 18.0 Å². The average Bonchev–Trinajstić information content (AvgIpc) is 2.92. The van der Waals surface area contributed by atoms with E-state index in [9.17, 15) is 4.79 Å². The third-order valence-electron chi connectivity index (χ3n) is 5.31. The summed E-state index contributed by atoms with van der Waals surface area (Å²) in [5.74, 6) is 0.521. The topological polar surface area (TPSA) is 71.0 Å². The summed E-state index contributed by atoms with van der Waals surface area (Å²) in [5, 5.41) is 14.7. The molecule has 6 nitrogen and oxygen atoms in total. The van der Waals surface area contributed by atoms with Crippen LogP contribution in [0.5, 0.6) is 0 Å². The van der Waals surface area contributed by atoms with E-state index >= 15 is 0 Å². The van der Waals surface area contributed by atoms with Gasteiger partial charge in [-0.25, -0.2) is 0 Å². The molecule has 27 heavy (non-hydrogen) atoms. The Morgan fingerprint density at radius 2 is 1.93 bits per heavy atom. The van der Waals surface area contributed by atoms with Crippen molar-refractivity contribution in [2.75, 3.05) is 13.1 Å². The fourth-order valence-corrected chi connectivity index (χ4v) is 4.76. The van der Waals surface area contributed by atoms with Crippen LogP contribution in [0.25, 0.3) is 0 Å². The van der Waals surface area contributed by atoms with E-state index in [2.05, 4.69) is 54.8 Å². The van der Waals surface area contributed by atoms with Gasteiger partial charge in [0.15, 0.2) is 0 Å². The predicted octanol–water partition coefficient (Wildman–Crippen LogP) is 2.62. The van der Waals surface area contributed by atoms with Crippen molar-refractivity contribution >= 4 is 30.7 Å². The van der Waals surface area contributed by atoms with E-state index in [0.29, 0.717) is 12.5 Å². The molecule has 3 N–H and O–H groups in total. The minimum Gasteiger partial charge on any atom is -0.352 e. The van der Waals surface area contributed by atoms with Crippen molar-refractivity contribution in [3.8, 4) is 0 Å². The highest BCUT2D eigenvalue weighted by atomic mass is 35.5. The molecule has 0 saturated carbocycles. The van der Waals surface area contributed by atoms with Gasteiger partial charge in [-0.1, -0.05) is 0 Å². The van der Waals surface area contributed by atoms with Gasteiger partial charge in [-0.15, -0.1) is 24.8 Å². The number of piperidine rings is 2. The summed E-state index contributed by atoms with van der Waals surface area (Å²) in [6, 6.07) is 2.26. The minimum atomic E-state index is 0. The molecular formula is C19H35Cl2N5O. The van der Waals surface area contributed by atoms with Crippen LogP contribution in [0.15, 0.2) is 12.3 Å². The number of hydrogen-bond donors (Lipinski definition) is 3. The lowest BCUT2D eigenvalue weighted by Gasteiger charge is -2.46. The molecule has 2 aliphatic rings. The zero-order valence-electron chi connectivity index (χ0n) is 16.9. The quantitative estimate of drug-likeness (QED) is 0.701. The first-order valence-corrected chi connectivity index (χ1v) is 9.55. The molecule has 2 aliphatic heterocycles. The fourth-order valence-electron chi connectivity index (χ4n) is 4.76. The SMILES string of the molecule is CC1(C)CC(NC(=O)Cn2nccc2C2CCCNC2)CC(C)(C)N1.Cl.Cl. The summed E-state index contributed by atoms with van der Waals surface area (Å²) in [4.78, 5) is 12.6. The number of carbonyl (C=O) groups excluding carboxylic acids is 1. The van der Waals surface area contributed by atoms with Crippen LogP contribution in [0.3, 0.4) is 0 Å². The number of amides is 1. The van der Waals surface area contributed by atoms with E-state index in [1.165, 1.54) is 12.1 Å².